The van der Waals surface area contributed by atoms with E-state index < -0.39 is 18.4 Å². The Morgan fingerprint density at radius 3 is 1.95 bits per heavy atom. The van der Waals surface area contributed by atoms with Crippen LogP contribution in [0.25, 0.3) is 0 Å². The molecular weight excluding hydrogens is 300 g/mol. The van der Waals surface area contributed by atoms with Gasteiger partial charge in [-0.1, -0.05) is 36.4 Å². The van der Waals surface area contributed by atoms with Crippen molar-refractivity contribution in [3.05, 3.63) is 59.7 Å². The van der Waals surface area contributed by atoms with Gasteiger partial charge in [-0.25, -0.2) is 0 Å². The molecule has 0 aliphatic heterocycles. The summed E-state index contributed by atoms with van der Waals surface area (Å²) in [5, 5.41) is 0.956. The molecule has 0 aliphatic rings. The Labute approximate surface area is 127 Å². The van der Waals surface area contributed by atoms with Gasteiger partial charge in [-0.3, -0.25) is 0 Å². The molecule has 0 fully saturated rings. The van der Waals surface area contributed by atoms with E-state index >= 15 is 0 Å². The summed E-state index contributed by atoms with van der Waals surface area (Å²) >= 11 is 0. The normalized spacial score (nSPS) is 12.4. The second-order valence-corrected chi connectivity index (χ2v) is 11.4. The predicted octanol–water partition coefficient (Wildman–Crippen LogP) is 3.12. The largest absolute Gasteiger partial charge is 0.306 e. The van der Waals surface area contributed by atoms with Crippen molar-refractivity contribution in [3.8, 4) is 0 Å². The first-order valence-corrected chi connectivity index (χ1v) is 11.1. The second-order valence-electron chi connectivity index (χ2n) is 5.74. The fourth-order valence-corrected chi connectivity index (χ4v) is 6.91. The van der Waals surface area contributed by atoms with E-state index in [1.165, 1.54) is 0 Å². The van der Waals surface area contributed by atoms with Crippen LogP contribution in [-0.4, -0.2) is 16.7 Å². The molecular formula is C16H20O3SSi. The molecule has 112 valence electrons. The number of hydrogen-bond acceptors (Lipinski definition) is 3. The predicted molar refractivity (Wildman–Crippen MR) is 87.7 cm³/mol. The molecule has 0 aromatic heterocycles. The van der Waals surface area contributed by atoms with Crippen molar-refractivity contribution < 1.29 is 12.3 Å². The van der Waals surface area contributed by atoms with Crippen LogP contribution < -0.4 is 5.19 Å². The van der Waals surface area contributed by atoms with E-state index in [2.05, 4.69) is 0 Å². The summed E-state index contributed by atoms with van der Waals surface area (Å²) in [4.78, 5) is 0.233. The van der Waals surface area contributed by atoms with Crippen molar-refractivity contribution in [1.82, 2.24) is 0 Å². The fraction of sp³-hybridized carbons (Fsp3) is 0.250. The summed E-state index contributed by atoms with van der Waals surface area (Å²) in [6, 6.07) is 14.8. The van der Waals surface area contributed by atoms with E-state index in [1.54, 1.807) is 12.1 Å². The zero-order chi connectivity index (χ0) is 15.7. The third-order valence-corrected chi connectivity index (χ3v) is 8.35. The molecule has 3 nitrogen and oxygen atoms in total. The second kappa shape index (κ2) is 5.75. The van der Waals surface area contributed by atoms with Gasteiger partial charge in [-0.05, 0) is 55.4 Å². The van der Waals surface area contributed by atoms with E-state index in [9.17, 15) is 8.42 Å². The number of benzene rings is 2. The highest BCUT2D eigenvalue weighted by atomic mass is 32.2. The minimum atomic E-state index is -3.75. The van der Waals surface area contributed by atoms with Crippen molar-refractivity contribution in [2.24, 2.45) is 0 Å². The fourth-order valence-electron chi connectivity index (χ4n) is 2.29. The lowest BCUT2D eigenvalue weighted by Gasteiger charge is -2.22. The highest BCUT2D eigenvalue weighted by Crippen LogP contribution is 2.20. The summed E-state index contributed by atoms with van der Waals surface area (Å²) < 4.78 is 30.7. The maximum Gasteiger partial charge on any atom is 0.287 e. The molecule has 0 heterocycles. The van der Waals surface area contributed by atoms with Crippen molar-refractivity contribution in [3.63, 3.8) is 0 Å². The highest BCUT2D eigenvalue weighted by Gasteiger charge is 2.32. The van der Waals surface area contributed by atoms with E-state index in [0.29, 0.717) is 0 Å². The molecule has 0 aliphatic carbocycles. The average molecular weight is 320 g/mol. The molecule has 2 aromatic carbocycles. The number of aryl methyl sites for hydroxylation is 2. The Morgan fingerprint density at radius 2 is 1.43 bits per heavy atom. The first-order chi connectivity index (χ1) is 9.71. The van der Waals surface area contributed by atoms with Crippen LogP contribution in [0, 0.1) is 13.8 Å². The first-order valence-electron chi connectivity index (χ1n) is 6.80. The summed E-state index contributed by atoms with van der Waals surface area (Å²) in [7, 11) is -6.27. The van der Waals surface area contributed by atoms with Crippen LogP contribution in [0.5, 0.6) is 0 Å². The molecule has 0 spiro atoms. The van der Waals surface area contributed by atoms with Crippen LogP contribution in [0.3, 0.4) is 0 Å². The first kappa shape index (κ1) is 15.9. The van der Waals surface area contributed by atoms with Gasteiger partial charge in [0.2, 0.25) is 8.32 Å². The lowest BCUT2D eigenvalue weighted by Crippen LogP contribution is -2.46. The number of hydrogen-bond donors (Lipinski definition) is 0. The van der Waals surface area contributed by atoms with Gasteiger partial charge in [0, 0.05) is 0 Å². The summed E-state index contributed by atoms with van der Waals surface area (Å²) in [6.45, 7) is 7.54. The smallest absolute Gasteiger partial charge is 0.287 e. The van der Waals surface area contributed by atoms with Gasteiger partial charge < -0.3 is 3.87 Å². The van der Waals surface area contributed by atoms with E-state index in [0.717, 1.165) is 16.3 Å². The topological polar surface area (TPSA) is 43.4 Å². The van der Waals surface area contributed by atoms with E-state index in [-0.39, 0.29) is 4.90 Å². The molecule has 21 heavy (non-hydrogen) atoms. The van der Waals surface area contributed by atoms with Gasteiger partial charge in [0.05, 0.1) is 4.90 Å². The van der Waals surface area contributed by atoms with Gasteiger partial charge in [-0.15, -0.1) is 0 Å². The molecule has 5 heteroatoms. The maximum atomic E-state index is 12.5. The molecule has 2 rings (SSSR count). The average Bonchev–Trinajstić information content (AvgIpc) is 2.37. The molecule has 0 N–H and O–H groups in total. The molecule has 2 aromatic rings. The molecule has 0 saturated heterocycles. The maximum absolute atomic E-state index is 12.5. The van der Waals surface area contributed by atoms with E-state index in [1.807, 2.05) is 63.3 Å². The van der Waals surface area contributed by atoms with Crippen molar-refractivity contribution in [2.75, 3.05) is 0 Å². The van der Waals surface area contributed by atoms with Gasteiger partial charge in [0.15, 0.2) is 0 Å². The standard InChI is InChI=1S/C16H20O3SSi/c1-13-10-14(2)12-15(11-13)20(17,18)19-21(3,4)16-8-6-5-7-9-16/h5-12H,1-4H3. The van der Waals surface area contributed by atoms with Crippen LogP contribution in [-0.2, 0) is 14.0 Å². The molecule has 0 saturated carbocycles. The summed E-state index contributed by atoms with van der Waals surface area (Å²) in [6.07, 6.45) is 0. The Bertz CT molecular complexity index is 717. The van der Waals surface area contributed by atoms with Gasteiger partial charge >= 0.3 is 0 Å². The van der Waals surface area contributed by atoms with Gasteiger partial charge in [0.25, 0.3) is 10.1 Å². The van der Waals surface area contributed by atoms with Crippen molar-refractivity contribution in [2.45, 2.75) is 31.8 Å². The molecule has 0 amide bonds. The summed E-state index contributed by atoms with van der Waals surface area (Å²) in [5.74, 6) is 0. The minimum absolute atomic E-state index is 0.233. The Morgan fingerprint density at radius 1 is 0.905 bits per heavy atom. The molecule has 0 radical (unpaired) electrons. The summed E-state index contributed by atoms with van der Waals surface area (Å²) in [5.41, 5.74) is 1.83. The lowest BCUT2D eigenvalue weighted by atomic mass is 10.2. The minimum Gasteiger partial charge on any atom is -0.306 e. The Kier molecular flexibility index (Phi) is 4.37. The molecule has 0 unspecified atom stereocenters. The van der Waals surface area contributed by atoms with Crippen molar-refractivity contribution >= 4 is 23.6 Å². The van der Waals surface area contributed by atoms with Gasteiger partial charge in [-0.2, -0.15) is 8.42 Å². The Hall–Kier alpha value is -1.43. The molecule has 0 atom stereocenters. The zero-order valence-electron chi connectivity index (χ0n) is 12.8. The zero-order valence-corrected chi connectivity index (χ0v) is 14.6. The third kappa shape index (κ3) is 3.81. The van der Waals surface area contributed by atoms with Crippen LogP contribution in [0.15, 0.2) is 53.4 Å². The van der Waals surface area contributed by atoms with Crippen LogP contribution in [0.4, 0.5) is 0 Å². The van der Waals surface area contributed by atoms with Crippen LogP contribution >= 0.6 is 0 Å². The lowest BCUT2D eigenvalue weighted by molar-refractivity contribution is 0.488. The number of rotatable bonds is 4. The van der Waals surface area contributed by atoms with Crippen LogP contribution in [0.1, 0.15) is 11.1 Å². The van der Waals surface area contributed by atoms with Crippen LogP contribution in [0.2, 0.25) is 13.1 Å². The SMILES string of the molecule is Cc1cc(C)cc(S(=O)(=O)O[Si](C)(C)c2ccccc2)c1. The highest BCUT2D eigenvalue weighted by molar-refractivity contribution is 7.88. The van der Waals surface area contributed by atoms with E-state index in [4.69, 9.17) is 3.87 Å². The quantitative estimate of drug-likeness (QED) is 0.813. The van der Waals surface area contributed by atoms with Crippen molar-refractivity contribution in [1.29, 1.82) is 0 Å². The third-order valence-electron chi connectivity index (χ3n) is 3.27. The van der Waals surface area contributed by atoms with Gasteiger partial charge in [0.1, 0.15) is 0 Å². The molecule has 0 bridgehead atoms. The Balaban J connectivity index is 2.37. The monoisotopic (exact) mass is 320 g/mol.